The van der Waals surface area contributed by atoms with Crippen LogP contribution in [-0.4, -0.2) is 49.3 Å². The topological polar surface area (TPSA) is 88.9 Å². The molecule has 2 atom stereocenters. The number of nitrogens with one attached hydrogen (secondary N) is 1. The molecule has 184 valence electrons. The van der Waals surface area contributed by atoms with Crippen molar-refractivity contribution in [2.45, 2.75) is 85.5 Å². The molecule has 0 unspecified atom stereocenters. The molecule has 0 amide bonds. The predicted molar refractivity (Wildman–Crippen MR) is 134 cm³/mol. The smallest absolute Gasteiger partial charge is 0.252 e. The minimum atomic E-state index is -0.253. The first-order valence-corrected chi connectivity index (χ1v) is 12.3. The van der Waals surface area contributed by atoms with Gasteiger partial charge in [0.1, 0.15) is 0 Å². The van der Waals surface area contributed by atoms with Gasteiger partial charge in [0.2, 0.25) is 0 Å². The monoisotopic (exact) mass is 466 g/mol. The molecule has 3 aromatic rings. The standard InChI is InChI=1S/C26H38N6O2/c1-16(2)23(24-28-29-30-32(24)26(5,6)7)31(15-21-9-8-10-34-21)14-20-13-19-12-17(3)11-18(4)22(19)27-25(20)33/h11-13,16,21,23H,8-10,14-15H2,1-7H3,(H,27,33)/t21-,23-/m0/s1. The molecule has 1 saturated heterocycles. The summed E-state index contributed by atoms with van der Waals surface area (Å²) in [4.78, 5) is 18.7. The summed E-state index contributed by atoms with van der Waals surface area (Å²) in [5, 5.41) is 13.9. The third kappa shape index (κ3) is 5.08. The minimum Gasteiger partial charge on any atom is -0.377 e. The molecule has 1 N–H and O–H groups in total. The van der Waals surface area contributed by atoms with Crippen molar-refractivity contribution in [3.63, 3.8) is 0 Å². The first-order chi connectivity index (χ1) is 16.0. The van der Waals surface area contributed by atoms with Gasteiger partial charge in [-0.05, 0) is 86.9 Å². The van der Waals surface area contributed by atoms with E-state index >= 15 is 0 Å². The lowest BCUT2D eigenvalue weighted by Crippen LogP contribution is -2.41. The SMILES string of the molecule is Cc1cc(C)c2[nH]c(=O)c(CN(C[C@@H]3CCCO3)[C@H](c3nnnn3C(C)(C)C)C(C)C)cc2c1. The molecule has 1 aliphatic rings. The van der Waals surface area contributed by atoms with E-state index in [-0.39, 0.29) is 29.2 Å². The third-order valence-electron chi connectivity index (χ3n) is 6.62. The summed E-state index contributed by atoms with van der Waals surface area (Å²) >= 11 is 0. The average Bonchev–Trinajstić information content (AvgIpc) is 3.41. The van der Waals surface area contributed by atoms with Crippen molar-refractivity contribution in [2.24, 2.45) is 5.92 Å². The summed E-state index contributed by atoms with van der Waals surface area (Å²) in [6.45, 7) is 16.8. The van der Waals surface area contributed by atoms with Gasteiger partial charge in [0.05, 0.1) is 23.2 Å². The number of H-pyrrole nitrogens is 1. The van der Waals surface area contributed by atoms with E-state index in [2.05, 4.69) is 79.1 Å². The number of tetrazole rings is 1. The Bertz CT molecular complexity index is 1200. The highest BCUT2D eigenvalue weighted by Gasteiger charge is 2.34. The van der Waals surface area contributed by atoms with Crippen LogP contribution in [0.25, 0.3) is 10.9 Å². The summed E-state index contributed by atoms with van der Waals surface area (Å²) in [5.74, 6) is 1.06. The summed E-state index contributed by atoms with van der Waals surface area (Å²) in [6, 6.07) is 6.21. The van der Waals surface area contributed by atoms with E-state index < -0.39 is 0 Å². The van der Waals surface area contributed by atoms with Crippen LogP contribution in [0.1, 0.15) is 76.0 Å². The number of hydrogen-bond acceptors (Lipinski definition) is 6. The first kappa shape index (κ1) is 24.5. The number of rotatable bonds is 7. The zero-order valence-corrected chi connectivity index (χ0v) is 21.6. The molecule has 0 radical (unpaired) electrons. The van der Waals surface area contributed by atoms with Gasteiger partial charge in [-0.2, -0.15) is 0 Å². The lowest BCUT2D eigenvalue weighted by molar-refractivity contribution is 0.0371. The van der Waals surface area contributed by atoms with Gasteiger partial charge in [-0.25, -0.2) is 4.68 Å². The van der Waals surface area contributed by atoms with Gasteiger partial charge in [-0.3, -0.25) is 9.69 Å². The second-order valence-electron chi connectivity index (χ2n) is 11.0. The fourth-order valence-corrected chi connectivity index (χ4v) is 5.13. The highest BCUT2D eigenvalue weighted by atomic mass is 16.5. The third-order valence-corrected chi connectivity index (χ3v) is 6.62. The molecular formula is C26H38N6O2. The number of aromatic nitrogens is 5. The second kappa shape index (κ2) is 9.58. The lowest BCUT2D eigenvalue weighted by atomic mass is 9.98. The quantitative estimate of drug-likeness (QED) is 0.560. The maximum absolute atomic E-state index is 13.2. The Morgan fingerprint density at radius 1 is 1.24 bits per heavy atom. The zero-order valence-electron chi connectivity index (χ0n) is 21.6. The number of benzene rings is 1. The fourth-order valence-electron chi connectivity index (χ4n) is 5.13. The van der Waals surface area contributed by atoms with Gasteiger partial charge in [0, 0.05) is 25.3 Å². The van der Waals surface area contributed by atoms with Crippen molar-refractivity contribution in [1.29, 1.82) is 0 Å². The van der Waals surface area contributed by atoms with Crippen molar-refractivity contribution >= 4 is 10.9 Å². The van der Waals surface area contributed by atoms with Gasteiger partial charge in [0.15, 0.2) is 5.82 Å². The summed E-state index contributed by atoms with van der Waals surface area (Å²) in [5.41, 5.74) is 3.62. The van der Waals surface area contributed by atoms with Crippen LogP contribution in [-0.2, 0) is 16.8 Å². The van der Waals surface area contributed by atoms with E-state index in [1.165, 1.54) is 5.56 Å². The maximum atomic E-state index is 13.2. The van der Waals surface area contributed by atoms with Crippen molar-refractivity contribution in [1.82, 2.24) is 30.1 Å². The zero-order chi connectivity index (χ0) is 24.6. The maximum Gasteiger partial charge on any atom is 0.252 e. The Kier molecular flexibility index (Phi) is 6.92. The van der Waals surface area contributed by atoms with E-state index in [1.807, 2.05) is 17.7 Å². The molecule has 1 aliphatic heterocycles. The van der Waals surface area contributed by atoms with E-state index in [4.69, 9.17) is 4.74 Å². The molecule has 3 heterocycles. The molecular weight excluding hydrogens is 428 g/mol. The fraction of sp³-hybridized carbons (Fsp3) is 0.615. The van der Waals surface area contributed by atoms with Crippen LogP contribution in [0.4, 0.5) is 0 Å². The molecule has 0 bridgehead atoms. The largest absolute Gasteiger partial charge is 0.377 e. The average molecular weight is 467 g/mol. The van der Waals surface area contributed by atoms with Crippen LogP contribution in [0, 0.1) is 19.8 Å². The van der Waals surface area contributed by atoms with E-state index in [9.17, 15) is 4.79 Å². The molecule has 0 saturated carbocycles. The van der Waals surface area contributed by atoms with E-state index in [1.54, 1.807) is 0 Å². The van der Waals surface area contributed by atoms with Crippen molar-refractivity contribution in [3.8, 4) is 0 Å². The van der Waals surface area contributed by atoms with Crippen molar-refractivity contribution in [2.75, 3.05) is 13.2 Å². The van der Waals surface area contributed by atoms with Gasteiger partial charge in [-0.1, -0.05) is 25.5 Å². The minimum absolute atomic E-state index is 0.0466. The van der Waals surface area contributed by atoms with Crippen LogP contribution in [0.2, 0.25) is 0 Å². The molecule has 8 nitrogen and oxygen atoms in total. The molecule has 2 aromatic heterocycles. The Hall–Kier alpha value is -2.58. The van der Waals surface area contributed by atoms with Gasteiger partial charge >= 0.3 is 0 Å². The number of pyridine rings is 1. The van der Waals surface area contributed by atoms with Crippen LogP contribution in [0.15, 0.2) is 23.0 Å². The second-order valence-corrected chi connectivity index (χ2v) is 11.0. The van der Waals surface area contributed by atoms with Crippen LogP contribution in [0.5, 0.6) is 0 Å². The van der Waals surface area contributed by atoms with Crippen LogP contribution < -0.4 is 5.56 Å². The Morgan fingerprint density at radius 3 is 2.65 bits per heavy atom. The van der Waals surface area contributed by atoms with Crippen molar-refractivity contribution < 1.29 is 4.74 Å². The number of hydrogen-bond donors (Lipinski definition) is 1. The highest BCUT2D eigenvalue weighted by molar-refractivity contribution is 5.82. The normalized spacial score (nSPS) is 17.9. The highest BCUT2D eigenvalue weighted by Crippen LogP contribution is 2.32. The Labute approximate surface area is 201 Å². The number of aromatic amines is 1. The number of aryl methyl sites for hydroxylation is 2. The lowest BCUT2D eigenvalue weighted by Gasteiger charge is -2.36. The van der Waals surface area contributed by atoms with Gasteiger partial charge in [-0.15, -0.1) is 5.10 Å². The molecule has 1 aromatic carbocycles. The van der Waals surface area contributed by atoms with E-state index in [0.29, 0.717) is 6.54 Å². The number of nitrogens with zero attached hydrogens (tertiary/aromatic N) is 5. The van der Waals surface area contributed by atoms with Crippen molar-refractivity contribution in [3.05, 3.63) is 51.1 Å². The summed E-state index contributed by atoms with van der Waals surface area (Å²) in [7, 11) is 0. The molecule has 0 aliphatic carbocycles. The predicted octanol–water partition coefficient (Wildman–Crippen LogP) is 4.26. The molecule has 8 heteroatoms. The Balaban J connectivity index is 1.77. The number of fused-ring (bicyclic) bond motifs is 1. The molecule has 34 heavy (non-hydrogen) atoms. The van der Waals surface area contributed by atoms with Gasteiger partial charge in [0.25, 0.3) is 5.56 Å². The summed E-state index contributed by atoms with van der Waals surface area (Å²) < 4.78 is 7.93. The summed E-state index contributed by atoms with van der Waals surface area (Å²) in [6.07, 6.45) is 2.24. The molecule has 0 spiro atoms. The van der Waals surface area contributed by atoms with E-state index in [0.717, 1.165) is 53.8 Å². The molecule has 1 fully saturated rings. The van der Waals surface area contributed by atoms with Crippen LogP contribution in [0.3, 0.4) is 0 Å². The van der Waals surface area contributed by atoms with Gasteiger partial charge < -0.3 is 9.72 Å². The van der Waals surface area contributed by atoms with Crippen LogP contribution >= 0.6 is 0 Å². The Morgan fingerprint density at radius 2 is 2.00 bits per heavy atom. The first-order valence-electron chi connectivity index (χ1n) is 12.3. The number of ether oxygens (including phenoxy) is 1. The molecule has 4 rings (SSSR count).